The summed E-state index contributed by atoms with van der Waals surface area (Å²) in [5, 5.41) is 0.106. The van der Waals surface area contributed by atoms with E-state index in [4.69, 9.17) is 22.1 Å². The summed E-state index contributed by atoms with van der Waals surface area (Å²) in [6, 6.07) is 12.2. The van der Waals surface area contributed by atoms with E-state index in [-0.39, 0.29) is 17.7 Å². The smallest absolute Gasteiger partial charge is 0.142 e. The van der Waals surface area contributed by atoms with Gasteiger partial charge in [-0.25, -0.2) is 4.39 Å². The molecular formula is C15H15ClFNO. The second-order valence-electron chi connectivity index (χ2n) is 4.36. The van der Waals surface area contributed by atoms with Gasteiger partial charge >= 0.3 is 0 Å². The van der Waals surface area contributed by atoms with Crippen molar-refractivity contribution >= 4 is 11.6 Å². The first-order valence-electron chi connectivity index (χ1n) is 5.99. The summed E-state index contributed by atoms with van der Waals surface area (Å²) in [7, 11) is 0. The van der Waals surface area contributed by atoms with E-state index in [2.05, 4.69) is 0 Å². The largest absolute Gasteiger partial charge is 0.489 e. The lowest BCUT2D eigenvalue weighted by Gasteiger charge is -2.10. The van der Waals surface area contributed by atoms with E-state index < -0.39 is 5.82 Å². The Hall–Kier alpha value is -1.58. The lowest BCUT2D eigenvalue weighted by Crippen LogP contribution is -2.04. The Kier molecular flexibility index (Phi) is 4.40. The number of nitrogens with two attached hydrogens (primary N) is 1. The number of rotatable bonds is 4. The molecule has 0 aliphatic heterocycles. The van der Waals surface area contributed by atoms with Gasteiger partial charge in [0.25, 0.3) is 0 Å². The molecule has 0 aliphatic carbocycles. The fourth-order valence-corrected chi connectivity index (χ4v) is 1.87. The zero-order chi connectivity index (χ0) is 13.8. The van der Waals surface area contributed by atoms with Gasteiger partial charge in [0.1, 0.15) is 18.2 Å². The van der Waals surface area contributed by atoms with Gasteiger partial charge in [-0.15, -0.1) is 0 Å². The van der Waals surface area contributed by atoms with Crippen LogP contribution in [0.15, 0.2) is 42.5 Å². The highest BCUT2D eigenvalue weighted by atomic mass is 35.5. The molecule has 4 heteroatoms. The number of hydrogen-bond acceptors (Lipinski definition) is 2. The van der Waals surface area contributed by atoms with Crippen LogP contribution in [0.2, 0.25) is 5.02 Å². The summed E-state index contributed by atoms with van der Waals surface area (Å²) in [4.78, 5) is 0. The summed E-state index contributed by atoms with van der Waals surface area (Å²) in [5.41, 5.74) is 7.43. The number of ether oxygens (including phenoxy) is 1. The van der Waals surface area contributed by atoms with Gasteiger partial charge in [-0.3, -0.25) is 0 Å². The third-order valence-corrected chi connectivity index (χ3v) is 3.26. The lowest BCUT2D eigenvalue weighted by atomic mass is 10.1. The molecule has 0 amide bonds. The average molecular weight is 280 g/mol. The van der Waals surface area contributed by atoms with Gasteiger partial charge < -0.3 is 10.5 Å². The molecule has 0 heterocycles. The summed E-state index contributed by atoms with van der Waals surface area (Å²) in [6.07, 6.45) is 0. The second kappa shape index (κ2) is 6.04. The van der Waals surface area contributed by atoms with Crippen LogP contribution < -0.4 is 10.5 Å². The predicted octanol–water partition coefficient (Wildman–Crippen LogP) is 4.08. The molecule has 0 spiro atoms. The molecule has 0 saturated carbocycles. The lowest BCUT2D eigenvalue weighted by molar-refractivity contribution is 0.305. The maximum atomic E-state index is 13.2. The Morgan fingerprint density at radius 2 is 1.89 bits per heavy atom. The first-order valence-corrected chi connectivity index (χ1v) is 6.37. The number of hydrogen-bond donors (Lipinski definition) is 1. The predicted molar refractivity (Wildman–Crippen MR) is 74.8 cm³/mol. The zero-order valence-electron chi connectivity index (χ0n) is 10.6. The van der Waals surface area contributed by atoms with Crippen molar-refractivity contribution in [2.75, 3.05) is 0 Å². The molecule has 2 N–H and O–H groups in total. The molecular weight excluding hydrogens is 265 g/mol. The van der Waals surface area contributed by atoms with Gasteiger partial charge in [0.15, 0.2) is 0 Å². The summed E-state index contributed by atoms with van der Waals surface area (Å²) in [5.74, 6) is 0.264. The number of benzene rings is 2. The van der Waals surface area contributed by atoms with Crippen molar-refractivity contribution in [2.45, 2.75) is 19.6 Å². The highest BCUT2D eigenvalue weighted by Gasteiger charge is 2.06. The fourth-order valence-electron chi connectivity index (χ4n) is 1.69. The molecule has 0 fully saturated rings. The van der Waals surface area contributed by atoms with Crippen LogP contribution in [0.4, 0.5) is 4.39 Å². The van der Waals surface area contributed by atoms with Crippen molar-refractivity contribution in [3.8, 4) is 5.75 Å². The third kappa shape index (κ3) is 3.46. The maximum Gasteiger partial charge on any atom is 0.142 e. The first-order chi connectivity index (χ1) is 9.08. The van der Waals surface area contributed by atoms with Gasteiger partial charge in [-0.05, 0) is 30.7 Å². The molecule has 0 aliphatic rings. The molecule has 0 saturated heterocycles. The van der Waals surface area contributed by atoms with Gasteiger partial charge in [0.05, 0.1) is 5.02 Å². The standard InChI is InChI=1S/C15H15ClFNO/c1-10(18)11-5-7-13(8-6-11)19-9-12-3-2-4-14(17)15(12)16/h2-8,10H,9,18H2,1H3/t10-/m0/s1. The minimum atomic E-state index is -0.435. The van der Waals surface area contributed by atoms with E-state index in [9.17, 15) is 4.39 Å². The van der Waals surface area contributed by atoms with Gasteiger partial charge in [0.2, 0.25) is 0 Å². The van der Waals surface area contributed by atoms with Gasteiger partial charge in [0, 0.05) is 11.6 Å². The van der Waals surface area contributed by atoms with Crippen LogP contribution in [-0.4, -0.2) is 0 Å². The molecule has 100 valence electrons. The normalized spacial score (nSPS) is 12.2. The van der Waals surface area contributed by atoms with Crippen LogP contribution >= 0.6 is 11.6 Å². The van der Waals surface area contributed by atoms with E-state index in [1.165, 1.54) is 6.07 Å². The van der Waals surface area contributed by atoms with E-state index >= 15 is 0 Å². The van der Waals surface area contributed by atoms with Crippen molar-refractivity contribution in [1.29, 1.82) is 0 Å². The molecule has 0 bridgehead atoms. The van der Waals surface area contributed by atoms with Crippen LogP contribution in [0.5, 0.6) is 5.75 Å². The summed E-state index contributed by atoms with van der Waals surface area (Å²) in [6.45, 7) is 2.15. The van der Waals surface area contributed by atoms with Crippen LogP contribution in [0.3, 0.4) is 0 Å². The third-order valence-electron chi connectivity index (χ3n) is 2.83. The highest BCUT2D eigenvalue weighted by molar-refractivity contribution is 6.31. The van der Waals surface area contributed by atoms with E-state index in [0.717, 1.165) is 5.56 Å². The van der Waals surface area contributed by atoms with Crippen molar-refractivity contribution in [3.05, 3.63) is 64.4 Å². The molecule has 2 nitrogen and oxygen atoms in total. The Morgan fingerprint density at radius 1 is 1.21 bits per heavy atom. The molecule has 19 heavy (non-hydrogen) atoms. The minimum absolute atomic E-state index is 0.00767. The molecule has 0 radical (unpaired) electrons. The number of halogens is 2. The zero-order valence-corrected chi connectivity index (χ0v) is 11.3. The maximum absolute atomic E-state index is 13.2. The summed E-state index contributed by atoms with van der Waals surface area (Å²) >= 11 is 5.85. The highest BCUT2D eigenvalue weighted by Crippen LogP contribution is 2.22. The second-order valence-corrected chi connectivity index (χ2v) is 4.74. The van der Waals surface area contributed by atoms with Gasteiger partial charge in [-0.1, -0.05) is 35.9 Å². The molecule has 2 aromatic rings. The monoisotopic (exact) mass is 279 g/mol. The Labute approximate surface area is 117 Å². The van der Waals surface area contributed by atoms with Crippen molar-refractivity contribution < 1.29 is 9.13 Å². The molecule has 0 aromatic heterocycles. The first kappa shape index (κ1) is 13.8. The molecule has 2 rings (SSSR count). The SMILES string of the molecule is C[C@H](N)c1ccc(OCc2cccc(F)c2Cl)cc1. The summed E-state index contributed by atoms with van der Waals surface area (Å²) < 4.78 is 18.8. The topological polar surface area (TPSA) is 35.2 Å². The van der Waals surface area contributed by atoms with E-state index in [1.807, 2.05) is 31.2 Å². The van der Waals surface area contributed by atoms with Crippen LogP contribution in [-0.2, 0) is 6.61 Å². The Bertz CT molecular complexity index is 555. The van der Waals surface area contributed by atoms with E-state index in [1.54, 1.807) is 12.1 Å². The van der Waals surface area contributed by atoms with Crippen LogP contribution in [0.25, 0.3) is 0 Å². The van der Waals surface area contributed by atoms with Crippen molar-refractivity contribution in [2.24, 2.45) is 5.73 Å². The average Bonchev–Trinajstić information content (AvgIpc) is 2.41. The fraction of sp³-hybridized carbons (Fsp3) is 0.200. The minimum Gasteiger partial charge on any atom is -0.489 e. The van der Waals surface area contributed by atoms with E-state index in [0.29, 0.717) is 11.3 Å². The van der Waals surface area contributed by atoms with Gasteiger partial charge in [-0.2, -0.15) is 0 Å². The molecule has 0 unspecified atom stereocenters. The Balaban J connectivity index is 2.04. The Morgan fingerprint density at radius 3 is 2.53 bits per heavy atom. The quantitative estimate of drug-likeness (QED) is 0.915. The van der Waals surface area contributed by atoms with Crippen LogP contribution in [0, 0.1) is 5.82 Å². The van der Waals surface area contributed by atoms with Crippen molar-refractivity contribution in [1.82, 2.24) is 0 Å². The van der Waals surface area contributed by atoms with Crippen LogP contribution in [0.1, 0.15) is 24.1 Å². The molecule has 1 atom stereocenters. The van der Waals surface area contributed by atoms with Crippen molar-refractivity contribution in [3.63, 3.8) is 0 Å². The molecule has 2 aromatic carbocycles.